The highest BCUT2D eigenvalue weighted by Gasteiger charge is 2.18. The lowest BCUT2D eigenvalue weighted by atomic mass is 10.3. The maximum absolute atomic E-state index is 11.3. The molecule has 0 unspecified atom stereocenters. The minimum atomic E-state index is -1.09. The summed E-state index contributed by atoms with van der Waals surface area (Å²) < 4.78 is 0. The second-order valence-corrected chi connectivity index (χ2v) is 3.26. The number of thiol groups is 1. The summed E-state index contributed by atoms with van der Waals surface area (Å²) in [6, 6.07) is -0.955. The Hall–Kier alpha value is -1.50. The van der Waals surface area contributed by atoms with Gasteiger partial charge in [-0.05, 0) is 0 Å². The van der Waals surface area contributed by atoms with E-state index in [1.54, 1.807) is 0 Å². The number of nitrogens with zero attached hydrogens (tertiary/aromatic N) is 1. The van der Waals surface area contributed by atoms with Crippen LogP contribution >= 0.6 is 12.6 Å². The van der Waals surface area contributed by atoms with Crippen molar-refractivity contribution in [3.63, 3.8) is 0 Å². The number of imidazole rings is 1. The molecule has 1 heterocycles. The van der Waals surface area contributed by atoms with E-state index in [9.17, 15) is 9.59 Å². The third kappa shape index (κ3) is 3.62. The molecule has 7 heteroatoms. The van der Waals surface area contributed by atoms with Crippen molar-refractivity contribution in [1.82, 2.24) is 15.3 Å². The number of aliphatic carboxylic acids is 1. The number of hydrogen-bond donors (Lipinski definition) is 4. The van der Waals surface area contributed by atoms with Crippen LogP contribution in [0.5, 0.6) is 0 Å². The summed E-state index contributed by atoms with van der Waals surface area (Å²) in [5.74, 6) is -1.41. The van der Waals surface area contributed by atoms with E-state index in [0.29, 0.717) is 5.69 Å². The summed E-state index contributed by atoms with van der Waals surface area (Å²) in [7, 11) is 0. The van der Waals surface area contributed by atoms with Gasteiger partial charge < -0.3 is 15.4 Å². The molecule has 1 aromatic rings. The highest BCUT2D eigenvalue weighted by atomic mass is 32.1. The molecule has 1 amide bonds. The molecular formula is C8H11N3O3S. The van der Waals surface area contributed by atoms with E-state index in [1.807, 2.05) is 0 Å². The Morgan fingerprint density at radius 2 is 2.40 bits per heavy atom. The molecule has 0 aromatic carbocycles. The van der Waals surface area contributed by atoms with Crippen LogP contribution < -0.4 is 5.32 Å². The van der Waals surface area contributed by atoms with Crippen LogP contribution in [0.4, 0.5) is 0 Å². The Bertz CT molecular complexity index is 339. The van der Waals surface area contributed by atoms with Gasteiger partial charge in [-0.25, -0.2) is 9.78 Å². The van der Waals surface area contributed by atoms with E-state index in [2.05, 4.69) is 27.9 Å². The van der Waals surface area contributed by atoms with E-state index < -0.39 is 12.0 Å². The summed E-state index contributed by atoms with van der Waals surface area (Å²) in [6.07, 6.45) is 3.05. The molecule has 82 valence electrons. The highest BCUT2D eigenvalue weighted by Crippen LogP contribution is 1.94. The van der Waals surface area contributed by atoms with Gasteiger partial charge in [0.25, 0.3) is 0 Å². The molecule has 0 spiro atoms. The van der Waals surface area contributed by atoms with Gasteiger partial charge in [-0.1, -0.05) is 0 Å². The first-order chi connectivity index (χ1) is 7.13. The molecule has 15 heavy (non-hydrogen) atoms. The lowest BCUT2D eigenvalue weighted by Gasteiger charge is -2.10. The Morgan fingerprint density at radius 1 is 1.67 bits per heavy atom. The normalized spacial score (nSPS) is 12.1. The molecule has 1 atom stereocenters. The summed E-state index contributed by atoms with van der Waals surface area (Å²) in [4.78, 5) is 28.4. The van der Waals surface area contributed by atoms with Gasteiger partial charge in [-0.2, -0.15) is 12.6 Å². The Balaban J connectivity index is 2.45. The zero-order valence-corrected chi connectivity index (χ0v) is 8.70. The van der Waals surface area contributed by atoms with Gasteiger partial charge >= 0.3 is 5.97 Å². The molecule has 0 fully saturated rings. The van der Waals surface area contributed by atoms with Crippen molar-refractivity contribution in [1.29, 1.82) is 0 Å². The number of aromatic nitrogens is 2. The minimum Gasteiger partial charge on any atom is -0.480 e. The molecule has 0 aliphatic heterocycles. The van der Waals surface area contributed by atoms with Crippen molar-refractivity contribution >= 4 is 24.5 Å². The molecule has 0 aliphatic rings. The molecule has 1 aromatic heterocycles. The van der Waals surface area contributed by atoms with Crippen molar-refractivity contribution in [2.75, 3.05) is 5.75 Å². The first-order valence-corrected chi connectivity index (χ1v) is 4.87. The Morgan fingerprint density at radius 3 is 2.87 bits per heavy atom. The van der Waals surface area contributed by atoms with E-state index in [0.717, 1.165) is 0 Å². The topological polar surface area (TPSA) is 95.1 Å². The van der Waals surface area contributed by atoms with Gasteiger partial charge in [-0.15, -0.1) is 0 Å². The predicted octanol–water partition coefficient (Wildman–Crippen LogP) is -0.549. The average Bonchev–Trinajstić information content (AvgIpc) is 2.66. The number of aromatic amines is 1. The van der Waals surface area contributed by atoms with E-state index in [4.69, 9.17) is 5.11 Å². The first kappa shape index (κ1) is 11.6. The molecular weight excluding hydrogens is 218 g/mol. The maximum Gasteiger partial charge on any atom is 0.327 e. The van der Waals surface area contributed by atoms with Gasteiger partial charge in [0.2, 0.25) is 5.91 Å². The number of H-pyrrole nitrogens is 1. The smallest absolute Gasteiger partial charge is 0.327 e. The predicted molar refractivity (Wildman–Crippen MR) is 55.7 cm³/mol. The third-order valence-electron chi connectivity index (χ3n) is 1.72. The van der Waals surface area contributed by atoms with E-state index in [-0.39, 0.29) is 18.1 Å². The zero-order valence-electron chi connectivity index (χ0n) is 7.80. The fourth-order valence-corrected chi connectivity index (χ4v) is 1.23. The zero-order chi connectivity index (χ0) is 11.3. The van der Waals surface area contributed by atoms with Gasteiger partial charge in [0.15, 0.2) is 0 Å². The molecule has 0 saturated heterocycles. The van der Waals surface area contributed by atoms with Crippen molar-refractivity contribution < 1.29 is 14.7 Å². The lowest BCUT2D eigenvalue weighted by molar-refractivity contribution is -0.141. The second kappa shape index (κ2) is 5.40. The van der Waals surface area contributed by atoms with Crippen molar-refractivity contribution in [2.45, 2.75) is 12.5 Å². The highest BCUT2D eigenvalue weighted by molar-refractivity contribution is 7.80. The summed E-state index contributed by atoms with van der Waals surface area (Å²) in [6.45, 7) is 0. The number of carboxylic acid groups (broad SMARTS) is 1. The van der Waals surface area contributed by atoms with Crippen LogP contribution in [0, 0.1) is 0 Å². The monoisotopic (exact) mass is 229 g/mol. The van der Waals surface area contributed by atoms with Crippen LogP contribution in [-0.4, -0.2) is 38.7 Å². The second-order valence-electron chi connectivity index (χ2n) is 2.89. The van der Waals surface area contributed by atoms with E-state index >= 15 is 0 Å². The minimum absolute atomic E-state index is 0.0596. The summed E-state index contributed by atoms with van der Waals surface area (Å²) >= 11 is 3.83. The van der Waals surface area contributed by atoms with Crippen LogP contribution in [-0.2, 0) is 16.0 Å². The van der Waals surface area contributed by atoms with Crippen molar-refractivity contribution in [3.05, 3.63) is 18.2 Å². The summed E-state index contributed by atoms with van der Waals surface area (Å²) in [5.41, 5.74) is 0.635. The van der Waals surface area contributed by atoms with Crippen LogP contribution in [0.2, 0.25) is 0 Å². The van der Waals surface area contributed by atoms with E-state index in [1.165, 1.54) is 12.5 Å². The number of nitrogens with one attached hydrogen (secondary N) is 2. The van der Waals surface area contributed by atoms with Gasteiger partial charge in [0.1, 0.15) is 6.04 Å². The van der Waals surface area contributed by atoms with Crippen LogP contribution in [0.1, 0.15) is 5.69 Å². The van der Waals surface area contributed by atoms with Crippen LogP contribution in [0.15, 0.2) is 12.5 Å². The van der Waals surface area contributed by atoms with Crippen LogP contribution in [0.3, 0.4) is 0 Å². The van der Waals surface area contributed by atoms with Crippen LogP contribution in [0.25, 0.3) is 0 Å². The van der Waals surface area contributed by atoms with Crippen molar-refractivity contribution in [2.24, 2.45) is 0 Å². The molecule has 0 saturated carbocycles. The molecule has 0 bridgehead atoms. The maximum atomic E-state index is 11.3. The third-order valence-corrected chi connectivity index (χ3v) is 2.09. The fraction of sp³-hybridized carbons (Fsp3) is 0.375. The lowest BCUT2D eigenvalue weighted by Crippen LogP contribution is -2.42. The average molecular weight is 229 g/mol. The number of carboxylic acids is 1. The first-order valence-electron chi connectivity index (χ1n) is 4.23. The molecule has 0 aliphatic carbocycles. The van der Waals surface area contributed by atoms with Crippen molar-refractivity contribution in [3.8, 4) is 0 Å². The Kier molecular flexibility index (Phi) is 4.17. The quantitative estimate of drug-likeness (QED) is 0.509. The van der Waals surface area contributed by atoms with Gasteiger partial charge in [0.05, 0.1) is 12.7 Å². The molecule has 3 N–H and O–H groups in total. The van der Waals surface area contributed by atoms with Gasteiger partial charge in [-0.3, -0.25) is 4.79 Å². The number of rotatable bonds is 5. The number of amides is 1. The number of carbonyl (C=O) groups excluding carboxylic acids is 1. The number of carbonyl (C=O) groups is 2. The fourth-order valence-electron chi connectivity index (χ4n) is 0.985. The summed E-state index contributed by atoms with van der Waals surface area (Å²) in [5, 5.41) is 11.0. The largest absolute Gasteiger partial charge is 0.480 e. The number of hydrogen-bond acceptors (Lipinski definition) is 4. The Labute approximate surface area is 91.5 Å². The molecule has 6 nitrogen and oxygen atoms in total. The molecule has 1 rings (SSSR count). The SMILES string of the molecule is O=C(Cc1cnc[nH]1)N[C@@H](CS)C(=O)O. The standard InChI is InChI=1S/C8H11N3O3S/c12-7(1-5-2-9-4-10-5)11-6(3-15)8(13)14/h2,4,6,15H,1,3H2,(H,9,10)(H,11,12)(H,13,14)/t6-/m0/s1. The van der Waals surface area contributed by atoms with Gasteiger partial charge in [0, 0.05) is 17.6 Å². The molecule has 0 radical (unpaired) electrons.